The number of benzene rings is 1. The molecule has 0 spiro atoms. The fourth-order valence-corrected chi connectivity index (χ4v) is 9.92. The fraction of sp³-hybridized carbons (Fsp3) is 0.696. The van der Waals surface area contributed by atoms with E-state index in [-0.39, 0.29) is 18.8 Å². The van der Waals surface area contributed by atoms with Gasteiger partial charge in [0, 0.05) is 61.8 Å². The van der Waals surface area contributed by atoms with Gasteiger partial charge in [-0.3, -0.25) is 52.7 Å². The highest BCUT2D eigenvalue weighted by atomic mass is 16.3. The van der Waals surface area contributed by atoms with Crippen molar-refractivity contribution in [1.29, 1.82) is 0 Å². The van der Waals surface area contributed by atoms with E-state index in [1.54, 1.807) is 56.0 Å². The van der Waals surface area contributed by atoms with E-state index in [1.807, 2.05) is 20.8 Å². The number of likely N-dealkylation sites (tertiary alicyclic amines) is 1. The molecule has 23 nitrogen and oxygen atoms in total. The summed E-state index contributed by atoms with van der Waals surface area (Å²) < 4.78 is 0. The maximum absolute atomic E-state index is 14.8. The Morgan fingerprint density at radius 3 is 1.72 bits per heavy atom. The minimum Gasteiger partial charge on any atom is -0.391 e. The average Bonchev–Trinajstić information content (AvgIpc) is 3.41. The Hall–Kier alpha value is -6.65. The number of nitrogens with zero attached hydrogens (tertiary/aromatic N) is 7. The molecule has 23 heteroatoms. The van der Waals surface area contributed by atoms with Gasteiger partial charge in [0.2, 0.25) is 65.0 Å². The molecular weight excluding hydrogens is 1020 g/mol. The Morgan fingerprint density at radius 2 is 1.18 bits per heavy atom. The molecule has 0 radical (unpaired) electrons. The van der Waals surface area contributed by atoms with Crippen molar-refractivity contribution in [3.05, 3.63) is 35.9 Å². The number of carbonyl (C=O) groups excluding carboxylic acids is 11. The molecule has 0 aliphatic carbocycles. The lowest BCUT2D eigenvalue weighted by atomic mass is 9.94. The SMILES string of the molecule is CC[C@H](C)[C@H]1C(=O)N[C@@H](C)C(=O)N[C@H](C(=O)N2CCCCC2)CC(=O)N(C)[C@@H](C)C(=O)N[C@@H]([C@@H](C)O)C(=O)N(C)[C@@H](C)C(=O)N(C)[C@@H](C(C)C)C(=O)N[C@@H](Cc2ccccc2)C(=O)N(C)CC(=O)N(C)[C@@H](CC(C)C)C(=O)N1C. The molecule has 11 atom stereocenters. The van der Waals surface area contributed by atoms with Crippen molar-refractivity contribution in [1.82, 2.24) is 55.6 Å². The molecule has 5 N–H and O–H groups in total. The van der Waals surface area contributed by atoms with E-state index in [1.165, 1.54) is 79.8 Å². The average molecular weight is 1110 g/mol. The molecular formula is C56H91N11O12. The number of carbonyl (C=O) groups is 11. The third-order valence-electron chi connectivity index (χ3n) is 15.5. The molecule has 2 heterocycles. The van der Waals surface area contributed by atoms with Crippen LogP contribution in [0.4, 0.5) is 0 Å². The number of aliphatic hydroxyl groups excluding tert-OH is 1. The smallest absolute Gasteiger partial charge is 0.248 e. The maximum atomic E-state index is 14.8. The van der Waals surface area contributed by atoms with Crippen LogP contribution in [-0.2, 0) is 59.2 Å². The van der Waals surface area contributed by atoms with Crippen molar-refractivity contribution in [3.63, 3.8) is 0 Å². The zero-order valence-corrected chi connectivity index (χ0v) is 49.5. The monoisotopic (exact) mass is 1110 g/mol. The van der Waals surface area contributed by atoms with Crippen molar-refractivity contribution < 1.29 is 57.8 Å². The summed E-state index contributed by atoms with van der Waals surface area (Å²) in [6.45, 7) is 16.4. The van der Waals surface area contributed by atoms with Crippen LogP contribution in [0.1, 0.15) is 113 Å². The summed E-state index contributed by atoms with van der Waals surface area (Å²) in [5, 5.41) is 21.6. The lowest BCUT2D eigenvalue weighted by Crippen LogP contribution is -2.61. The summed E-state index contributed by atoms with van der Waals surface area (Å²) >= 11 is 0. The number of piperidine rings is 1. The van der Waals surface area contributed by atoms with Crippen molar-refractivity contribution in [2.75, 3.05) is 61.9 Å². The van der Waals surface area contributed by atoms with E-state index in [2.05, 4.69) is 21.3 Å². The van der Waals surface area contributed by atoms with Gasteiger partial charge in [0.25, 0.3) is 0 Å². The summed E-state index contributed by atoms with van der Waals surface area (Å²) in [7, 11) is 8.25. The van der Waals surface area contributed by atoms with Gasteiger partial charge in [-0.25, -0.2) is 0 Å². The third-order valence-corrected chi connectivity index (χ3v) is 15.5. The van der Waals surface area contributed by atoms with Crippen LogP contribution in [0.15, 0.2) is 30.3 Å². The van der Waals surface area contributed by atoms with Gasteiger partial charge in [0.15, 0.2) is 0 Å². The number of amides is 11. The number of nitrogens with one attached hydrogen (secondary N) is 4. The molecule has 2 saturated heterocycles. The minimum atomic E-state index is -1.63. The summed E-state index contributed by atoms with van der Waals surface area (Å²) in [4.78, 5) is 166. The van der Waals surface area contributed by atoms with Crippen molar-refractivity contribution in [2.45, 2.75) is 175 Å². The van der Waals surface area contributed by atoms with Crippen LogP contribution < -0.4 is 21.3 Å². The van der Waals surface area contributed by atoms with Crippen LogP contribution in [-0.4, -0.2) is 227 Å². The third kappa shape index (κ3) is 17.7. The maximum Gasteiger partial charge on any atom is 0.248 e. The van der Waals surface area contributed by atoms with E-state index in [4.69, 9.17) is 0 Å². The van der Waals surface area contributed by atoms with E-state index < -0.39 is 150 Å². The van der Waals surface area contributed by atoms with Gasteiger partial charge >= 0.3 is 0 Å². The normalized spacial score (nSPS) is 27.4. The lowest BCUT2D eigenvalue weighted by Gasteiger charge is -2.38. The number of aliphatic hydroxyl groups is 1. The minimum absolute atomic E-state index is 0.0131. The van der Waals surface area contributed by atoms with Gasteiger partial charge in [-0.1, -0.05) is 78.3 Å². The van der Waals surface area contributed by atoms with Gasteiger partial charge in [-0.2, -0.15) is 0 Å². The van der Waals surface area contributed by atoms with Crippen LogP contribution in [0.3, 0.4) is 0 Å². The largest absolute Gasteiger partial charge is 0.391 e. The molecule has 1 aromatic carbocycles. The first-order valence-corrected chi connectivity index (χ1v) is 27.7. The topological polar surface area (TPSA) is 279 Å². The zero-order chi connectivity index (χ0) is 59.9. The van der Waals surface area contributed by atoms with Gasteiger partial charge in [-0.05, 0) is 76.7 Å². The molecule has 0 unspecified atom stereocenters. The van der Waals surface area contributed by atoms with Crippen LogP contribution in [0.5, 0.6) is 0 Å². The molecule has 3 rings (SSSR count). The van der Waals surface area contributed by atoms with Crippen LogP contribution in [0.2, 0.25) is 0 Å². The summed E-state index contributed by atoms with van der Waals surface area (Å²) in [6, 6.07) is -2.86. The highest BCUT2D eigenvalue weighted by Gasteiger charge is 2.42. The van der Waals surface area contributed by atoms with E-state index >= 15 is 0 Å². The standard InChI is InChI=1S/C56H91N11O12/c1-17-34(6)47-51(74)57-35(7)48(71)58-41(54(77)67-26-22-19-23-27-67)30-43(69)62(12)36(8)49(72)60-45(38(10)68)56(79)63(13)37(9)52(75)65(15)46(33(4)5)50(73)59-40(29-39-24-20-18-21-25-39)53(76)61(11)31-44(70)64(14)42(28-32(2)3)55(78)66(47)16/h18,20-21,24-25,32-38,40-42,45-47,68H,17,19,22-23,26-31H2,1-16H3,(H,57,74)(H,58,71)(H,59,73)(H,60,72)/t34-,35-,36-,37-,38+,40-,41-,42-,45-,46-,47-/m0/s1. The molecule has 0 saturated carbocycles. The quantitative estimate of drug-likeness (QED) is 0.224. The van der Waals surface area contributed by atoms with Crippen LogP contribution >= 0.6 is 0 Å². The van der Waals surface area contributed by atoms with E-state index in [0.29, 0.717) is 37.9 Å². The second-order valence-electron chi connectivity index (χ2n) is 22.4. The predicted molar refractivity (Wildman–Crippen MR) is 296 cm³/mol. The lowest BCUT2D eigenvalue weighted by molar-refractivity contribution is -0.151. The van der Waals surface area contributed by atoms with Crippen LogP contribution in [0.25, 0.3) is 0 Å². The van der Waals surface area contributed by atoms with Gasteiger partial charge in [0.05, 0.1) is 19.1 Å². The second-order valence-corrected chi connectivity index (χ2v) is 22.4. The molecule has 1 aromatic rings. The molecule has 2 fully saturated rings. The summed E-state index contributed by atoms with van der Waals surface area (Å²) in [5.74, 6) is -8.99. The zero-order valence-electron chi connectivity index (χ0n) is 49.5. The molecule has 11 amide bonds. The highest BCUT2D eigenvalue weighted by Crippen LogP contribution is 2.22. The number of rotatable bonds is 9. The Morgan fingerprint density at radius 1 is 0.608 bits per heavy atom. The second kappa shape index (κ2) is 30.1. The fourth-order valence-electron chi connectivity index (χ4n) is 9.92. The Kier molecular flexibility index (Phi) is 25.4. The highest BCUT2D eigenvalue weighted by molar-refractivity contribution is 5.99. The molecule has 2 aliphatic rings. The number of hydrogen-bond acceptors (Lipinski definition) is 12. The first-order chi connectivity index (χ1) is 36.9. The Labute approximate surface area is 467 Å². The number of hydrogen-bond donors (Lipinski definition) is 5. The van der Waals surface area contributed by atoms with Crippen molar-refractivity contribution >= 4 is 65.0 Å². The molecule has 0 bridgehead atoms. The Bertz CT molecular complexity index is 2330. The van der Waals surface area contributed by atoms with Gasteiger partial charge in [-0.15, -0.1) is 0 Å². The van der Waals surface area contributed by atoms with Crippen LogP contribution in [0, 0.1) is 17.8 Å². The van der Waals surface area contributed by atoms with Gasteiger partial charge < -0.3 is 60.7 Å². The summed E-state index contributed by atoms with van der Waals surface area (Å²) in [5.41, 5.74) is 0.671. The van der Waals surface area contributed by atoms with Gasteiger partial charge in [0.1, 0.15) is 54.4 Å². The van der Waals surface area contributed by atoms with E-state index in [9.17, 15) is 57.8 Å². The van der Waals surface area contributed by atoms with Crippen molar-refractivity contribution in [2.24, 2.45) is 17.8 Å². The molecule has 2 aliphatic heterocycles. The molecule has 0 aromatic heterocycles. The summed E-state index contributed by atoms with van der Waals surface area (Å²) in [6.07, 6.45) is 0.718. The van der Waals surface area contributed by atoms with Crippen molar-refractivity contribution in [3.8, 4) is 0 Å². The molecule has 79 heavy (non-hydrogen) atoms. The van der Waals surface area contributed by atoms with E-state index in [0.717, 1.165) is 26.0 Å². The predicted octanol–water partition coefficient (Wildman–Crippen LogP) is 0.367. The first-order valence-electron chi connectivity index (χ1n) is 27.7. The number of likely N-dealkylation sites (N-methyl/N-ethyl adjacent to an activating group) is 6. The Balaban J connectivity index is 2.20. The molecule has 442 valence electrons. The first kappa shape index (κ1) is 66.6.